The van der Waals surface area contributed by atoms with Crippen molar-refractivity contribution in [2.45, 2.75) is 117 Å². The van der Waals surface area contributed by atoms with Crippen LogP contribution in [0.5, 0.6) is 0 Å². The highest BCUT2D eigenvalue weighted by Gasteiger charge is 2.62. The molecule has 0 aromatic rings. The first kappa shape index (κ1) is 22.1. The highest BCUT2D eigenvalue weighted by molar-refractivity contribution is 5.11. The Morgan fingerprint density at radius 2 is 1.48 bits per heavy atom. The fraction of sp³-hybridized carbons (Fsp3) is 1.00. The minimum atomic E-state index is -0.193. The van der Waals surface area contributed by atoms with Crippen LogP contribution in [0.25, 0.3) is 0 Å². The lowest BCUT2D eigenvalue weighted by molar-refractivity contribution is -0.172. The fourth-order valence-electron chi connectivity index (χ4n) is 9.30. The quantitative estimate of drug-likeness (QED) is 0.553. The normalized spacial score (nSPS) is 50.7. The molecule has 4 rings (SSSR count). The molecule has 4 aliphatic carbocycles. The van der Waals surface area contributed by atoms with Crippen LogP contribution in [0.1, 0.15) is 105 Å². The number of aliphatic hydroxyl groups excluding tert-OH is 2. The molecule has 0 radical (unpaired) electrons. The predicted octanol–water partition coefficient (Wildman–Crippen LogP) is 6.44. The molecule has 4 saturated carbocycles. The van der Waals surface area contributed by atoms with Crippen molar-refractivity contribution in [3.8, 4) is 0 Å². The number of rotatable bonds is 5. The van der Waals surface area contributed by atoms with Crippen LogP contribution in [0.4, 0.5) is 0 Å². The van der Waals surface area contributed by atoms with Crippen molar-refractivity contribution < 1.29 is 10.2 Å². The lowest BCUT2D eigenvalue weighted by Gasteiger charge is -2.62. The van der Waals surface area contributed by atoms with Crippen LogP contribution < -0.4 is 0 Å². The summed E-state index contributed by atoms with van der Waals surface area (Å²) >= 11 is 0. The molecule has 0 aromatic heterocycles. The van der Waals surface area contributed by atoms with E-state index in [0.29, 0.717) is 17.3 Å². The summed E-state index contributed by atoms with van der Waals surface area (Å²) in [6.07, 6.45) is 13.3. The van der Waals surface area contributed by atoms with Crippen molar-refractivity contribution in [3.05, 3.63) is 0 Å². The molecule has 0 unspecified atom stereocenters. The minimum Gasteiger partial charge on any atom is -0.393 e. The molecule has 2 nitrogen and oxygen atoms in total. The van der Waals surface area contributed by atoms with Gasteiger partial charge in [0.05, 0.1) is 12.2 Å². The van der Waals surface area contributed by atoms with E-state index in [2.05, 4.69) is 34.6 Å². The summed E-state index contributed by atoms with van der Waals surface area (Å²) in [5.41, 5.74) is 0.749. The highest BCUT2D eigenvalue weighted by atomic mass is 16.3. The third-order valence-electron chi connectivity index (χ3n) is 10.9. The van der Waals surface area contributed by atoms with Crippen molar-refractivity contribution in [2.24, 2.45) is 52.3 Å². The molecule has 10 atom stereocenters. The summed E-state index contributed by atoms with van der Waals surface area (Å²) in [5.74, 6) is 5.20. The van der Waals surface area contributed by atoms with Gasteiger partial charge in [-0.1, -0.05) is 53.9 Å². The number of hydrogen-bond donors (Lipinski definition) is 2. The average molecular weight is 405 g/mol. The summed E-state index contributed by atoms with van der Waals surface area (Å²) in [6, 6.07) is 0. The Bertz CT molecular complexity index is 573. The maximum atomic E-state index is 11.2. The Hall–Kier alpha value is -0.0800. The van der Waals surface area contributed by atoms with Gasteiger partial charge < -0.3 is 10.2 Å². The molecule has 0 aliphatic heterocycles. The first-order valence-electron chi connectivity index (χ1n) is 13.0. The molecule has 2 heteroatoms. The molecule has 0 spiro atoms. The SMILES string of the molecule is CC(C)CCC[C@@H](C)[C@H]1CC[C@H]2[C@@H]3C[C@H](O)[C@H]4C[C@H](O)CC[C@]4(C)[C@H]3CC[C@]12C. The number of fused-ring (bicyclic) bond motifs is 5. The molecule has 0 saturated heterocycles. The van der Waals surface area contributed by atoms with E-state index in [1.54, 1.807) is 0 Å². The standard InChI is InChI=1S/C27H48O2/c1-17(2)7-6-8-18(3)21-9-10-22-20-16-25(29)24-15-19(28)11-13-27(24,5)23(20)12-14-26(21,22)4/h17-25,28-29H,6-16H2,1-5H3/t18-,19-,20+,21-,22+,23+,24-,25+,26-,27-/m1/s1. The van der Waals surface area contributed by atoms with Crippen LogP contribution in [0.15, 0.2) is 0 Å². The van der Waals surface area contributed by atoms with Gasteiger partial charge in [-0.25, -0.2) is 0 Å². The number of aliphatic hydroxyl groups is 2. The van der Waals surface area contributed by atoms with Gasteiger partial charge in [-0.05, 0) is 104 Å². The zero-order valence-electron chi connectivity index (χ0n) is 19.9. The smallest absolute Gasteiger partial charge is 0.0577 e. The molecule has 29 heavy (non-hydrogen) atoms. The van der Waals surface area contributed by atoms with Gasteiger partial charge in [0.15, 0.2) is 0 Å². The molecule has 4 aliphatic rings. The van der Waals surface area contributed by atoms with Crippen molar-refractivity contribution >= 4 is 0 Å². The third kappa shape index (κ3) is 3.73. The van der Waals surface area contributed by atoms with Crippen molar-refractivity contribution in [2.75, 3.05) is 0 Å². The van der Waals surface area contributed by atoms with Gasteiger partial charge in [0, 0.05) is 0 Å². The Morgan fingerprint density at radius 1 is 0.793 bits per heavy atom. The largest absolute Gasteiger partial charge is 0.393 e. The molecule has 0 amide bonds. The summed E-state index contributed by atoms with van der Waals surface area (Å²) in [6.45, 7) is 12.4. The van der Waals surface area contributed by atoms with Gasteiger partial charge in [-0.15, -0.1) is 0 Å². The zero-order chi connectivity index (χ0) is 21.0. The average Bonchev–Trinajstić information content (AvgIpc) is 3.00. The van der Waals surface area contributed by atoms with Crippen molar-refractivity contribution in [3.63, 3.8) is 0 Å². The van der Waals surface area contributed by atoms with Crippen LogP contribution in [0.3, 0.4) is 0 Å². The van der Waals surface area contributed by atoms with Crippen molar-refractivity contribution in [1.82, 2.24) is 0 Å². The molecular weight excluding hydrogens is 356 g/mol. The second-order valence-corrected chi connectivity index (χ2v) is 12.8. The van der Waals surface area contributed by atoms with E-state index in [4.69, 9.17) is 0 Å². The Kier molecular flexibility index (Phi) is 6.19. The van der Waals surface area contributed by atoms with Crippen LogP contribution in [-0.4, -0.2) is 22.4 Å². The summed E-state index contributed by atoms with van der Waals surface area (Å²) in [7, 11) is 0. The second kappa shape index (κ2) is 8.12. The minimum absolute atomic E-state index is 0.185. The fourth-order valence-corrected chi connectivity index (χ4v) is 9.30. The number of hydrogen-bond acceptors (Lipinski definition) is 2. The van der Waals surface area contributed by atoms with Gasteiger partial charge in [0.1, 0.15) is 0 Å². The van der Waals surface area contributed by atoms with Crippen LogP contribution >= 0.6 is 0 Å². The van der Waals surface area contributed by atoms with E-state index >= 15 is 0 Å². The maximum absolute atomic E-state index is 11.2. The summed E-state index contributed by atoms with van der Waals surface area (Å²) < 4.78 is 0. The van der Waals surface area contributed by atoms with E-state index in [1.165, 1.54) is 44.9 Å². The summed E-state index contributed by atoms with van der Waals surface area (Å²) in [5, 5.41) is 21.4. The summed E-state index contributed by atoms with van der Waals surface area (Å²) in [4.78, 5) is 0. The molecule has 0 bridgehead atoms. The van der Waals surface area contributed by atoms with E-state index in [1.807, 2.05) is 0 Å². The second-order valence-electron chi connectivity index (χ2n) is 12.8. The van der Waals surface area contributed by atoms with E-state index < -0.39 is 0 Å². The van der Waals surface area contributed by atoms with Gasteiger partial charge in [-0.2, -0.15) is 0 Å². The van der Waals surface area contributed by atoms with E-state index in [-0.39, 0.29) is 17.6 Å². The topological polar surface area (TPSA) is 40.5 Å². The molecule has 168 valence electrons. The van der Waals surface area contributed by atoms with Gasteiger partial charge in [0.2, 0.25) is 0 Å². The van der Waals surface area contributed by atoms with Crippen LogP contribution in [-0.2, 0) is 0 Å². The molecular formula is C27H48O2. The molecule has 2 N–H and O–H groups in total. The van der Waals surface area contributed by atoms with E-state index in [0.717, 1.165) is 55.3 Å². The van der Waals surface area contributed by atoms with Crippen LogP contribution in [0, 0.1) is 52.3 Å². The molecule has 0 heterocycles. The zero-order valence-corrected chi connectivity index (χ0v) is 19.9. The highest BCUT2D eigenvalue weighted by Crippen LogP contribution is 2.68. The monoisotopic (exact) mass is 404 g/mol. The van der Waals surface area contributed by atoms with Gasteiger partial charge >= 0.3 is 0 Å². The van der Waals surface area contributed by atoms with Crippen molar-refractivity contribution in [1.29, 1.82) is 0 Å². The Morgan fingerprint density at radius 3 is 2.21 bits per heavy atom. The first-order valence-corrected chi connectivity index (χ1v) is 13.0. The van der Waals surface area contributed by atoms with Gasteiger partial charge in [0.25, 0.3) is 0 Å². The van der Waals surface area contributed by atoms with E-state index in [9.17, 15) is 10.2 Å². The molecule has 0 aromatic carbocycles. The lowest BCUT2D eigenvalue weighted by atomic mass is 9.44. The Balaban J connectivity index is 1.50. The molecule has 4 fully saturated rings. The maximum Gasteiger partial charge on any atom is 0.0577 e. The van der Waals surface area contributed by atoms with Gasteiger partial charge in [-0.3, -0.25) is 0 Å². The lowest BCUT2D eigenvalue weighted by Crippen LogP contribution is -2.58. The first-order chi connectivity index (χ1) is 13.7. The Labute approximate surface area is 180 Å². The van der Waals surface area contributed by atoms with Crippen LogP contribution in [0.2, 0.25) is 0 Å². The predicted molar refractivity (Wildman–Crippen MR) is 120 cm³/mol. The third-order valence-corrected chi connectivity index (χ3v) is 10.9.